The van der Waals surface area contributed by atoms with E-state index in [9.17, 15) is 4.79 Å². The second-order valence-corrected chi connectivity index (χ2v) is 5.91. The third kappa shape index (κ3) is 3.07. The van der Waals surface area contributed by atoms with Crippen molar-refractivity contribution in [2.24, 2.45) is 11.8 Å². The van der Waals surface area contributed by atoms with E-state index < -0.39 is 0 Å². The molecule has 0 spiro atoms. The zero-order chi connectivity index (χ0) is 12.3. The summed E-state index contributed by atoms with van der Waals surface area (Å²) < 4.78 is 0. The SMILES string of the molecule is CC(C)C(NC(=O)C1CCNC1)c1cccs1. The second kappa shape index (κ2) is 5.65. The van der Waals surface area contributed by atoms with Gasteiger partial charge < -0.3 is 10.6 Å². The lowest BCUT2D eigenvalue weighted by Gasteiger charge is -2.23. The van der Waals surface area contributed by atoms with Crippen molar-refractivity contribution in [2.75, 3.05) is 13.1 Å². The van der Waals surface area contributed by atoms with Crippen LogP contribution in [0.4, 0.5) is 0 Å². The van der Waals surface area contributed by atoms with Crippen LogP contribution in [0.25, 0.3) is 0 Å². The Bertz CT molecular complexity index is 356. The summed E-state index contributed by atoms with van der Waals surface area (Å²) in [6.45, 7) is 6.08. The van der Waals surface area contributed by atoms with Crippen LogP contribution in [0.1, 0.15) is 31.2 Å². The van der Waals surface area contributed by atoms with Crippen molar-refractivity contribution in [2.45, 2.75) is 26.3 Å². The average Bonchev–Trinajstić information content (AvgIpc) is 2.97. The first kappa shape index (κ1) is 12.6. The van der Waals surface area contributed by atoms with E-state index in [1.165, 1.54) is 4.88 Å². The molecule has 0 radical (unpaired) electrons. The number of carbonyl (C=O) groups excluding carboxylic acids is 1. The van der Waals surface area contributed by atoms with Crippen LogP contribution in [-0.4, -0.2) is 19.0 Å². The molecule has 1 amide bonds. The predicted molar refractivity (Wildman–Crippen MR) is 71.0 cm³/mol. The van der Waals surface area contributed by atoms with Gasteiger partial charge in [0.25, 0.3) is 0 Å². The molecule has 1 saturated heterocycles. The zero-order valence-corrected chi connectivity index (χ0v) is 11.2. The van der Waals surface area contributed by atoms with E-state index >= 15 is 0 Å². The van der Waals surface area contributed by atoms with Crippen molar-refractivity contribution in [3.05, 3.63) is 22.4 Å². The number of amides is 1. The van der Waals surface area contributed by atoms with Gasteiger partial charge in [0, 0.05) is 11.4 Å². The topological polar surface area (TPSA) is 41.1 Å². The summed E-state index contributed by atoms with van der Waals surface area (Å²) in [5, 5.41) is 8.49. The molecule has 0 aromatic carbocycles. The molecule has 1 fully saturated rings. The van der Waals surface area contributed by atoms with E-state index in [-0.39, 0.29) is 17.9 Å². The average molecular weight is 252 g/mol. The standard InChI is InChI=1S/C13H20N2OS/c1-9(2)12(11-4-3-7-17-11)15-13(16)10-5-6-14-8-10/h3-4,7,9-10,12,14H,5-6,8H2,1-2H3,(H,15,16). The molecule has 1 aromatic rings. The molecule has 2 unspecified atom stereocenters. The fourth-order valence-corrected chi connectivity index (χ4v) is 3.13. The number of carbonyl (C=O) groups is 1. The Kier molecular flexibility index (Phi) is 4.18. The number of hydrogen-bond donors (Lipinski definition) is 2. The molecule has 3 nitrogen and oxygen atoms in total. The highest BCUT2D eigenvalue weighted by molar-refractivity contribution is 7.10. The van der Waals surface area contributed by atoms with Gasteiger partial charge in [0.2, 0.25) is 5.91 Å². The summed E-state index contributed by atoms with van der Waals surface area (Å²) in [6.07, 6.45) is 0.959. The number of rotatable bonds is 4. The molecular formula is C13H20N2OS. The fourth-order valence-electron chi connectivity index (χ4n) is 2.18. The lowest BCUT2D eigenvalue weighted by Crippen LogP contribution is -2.36. The maximum Gasteiger partial charge on any atom is 0.224 e. The molecule has 94 valence electrons. The second-order valence-electron chi connectivity index (χ2n) is 4.94. The summed E-state index contributed by atoms with van der Waals surface area (Å²) in [7, 11) is 0. The first-order valence-corrected chi connectivity index (χ1v) is 7.11. The minimum Gasteiger partial charge on any atom is -0.348 e. The molecule has 0 aliphatic carbocycles. The van der Waals surface area contributed by atoms with Crippen molar-refractivity contribution in [3.8, 4) is 0 Å². The normalized spacial score (nSPS) is 21.7. The van der Waals surface area contributed by atoms with E-state index in [1.807, 2.05) is 6.07 Å². The Hall–Kier alpha value is -0.870. The zero-order valence-electron chi connectivity index (χ0n) is 10.4. The van der Waals surface area contributed by atoms with Gasteiger partial charge in [-0.25, -0.2) is 0 Å². The lowest BCUT2D eigenvalue weighted by atomic mass is 10.0. The highest BCUT2D eigenvalue weighted by atomic mass is 32.1. The summed E-state index contributed by atoms with van der Waals surface area (Å²) in [5.74, 6) is 0.769. The molecule has 2 atom stereocenters. The predicted octanol–water partition coefficient (Wildman–Crippen LogP) is 2.17. The highest BCUT2D eigenvalue weighted by Gasteiger charge is 2.26. The van der Waals surface area contributed by atoms with E-state index in [0.29, 0.717) is 5.92 Å². The van der Waals surface area contributed by atoms with Gasteiger partial charge in [0.1, 0.15) is 0 Å². The first-order valence-electron chi connectivity index (χ1n) is 6.23. The van der Waals surface area contributed by atoms with Gasteiger partial charge in [0.15, 0.2) is 0 Å². The van der Waals surface area contributed by atoms with Crippen LogP contribution >= 0.6 is 11.3 Å². The van der Waals surface area contributed by atoms with Gasteiger partial charge in [0.05, 0.1) is 12.0 Å². The van der Waals surface area contributed by atoms with Crippen molar-refractivity contribution < 1.29 is 4.79 Å². The molecule has 2 N–H and O–H groups in total. The van der Waals surface area contributed by atoms with Crippen LogP contribution in [0.2, 0.25) is 0 Å². The summed E-state index contributed by atoms with van der Waals surface area (Å²) in [6, 6.07) is 4.30. The Morgan fingerprint density at radius 3 is 2.94 bits per heavy atom. The number of thiophene rings is 1. The van der Waals surface area contributed by atoms with E-state index in [1.54, 1.807) is 11.3 Å². The van der Waals surface area contributed by atoms with Crippen molar-refractivity contribution in [3.63, 3.8) is 0 Å². The Morgan fingerprint density at radius 2 is 2.41 bits per heavy atom. The molecule has 0 bridgehead atoms. The molecule has 1 aliphatic rings. The smallest absolute Gasteiger partial charge is 0.224 e. The minimum absolute atomic E-state index is 0.149. The van der Waals surface area contributed by atoms with Gasteiger partial charge in [-0.15, -0.1) is 11.3 Å². The Labute approximate surface area is 107 Å². The van der Waals surface area contributed by atoms with Crippen molar-refractivity contribution in [1.82, 2.24) is 10.6 Å². The third-order valence-corrected chi connectivity index (χ3v) is 4.20. The van der Waals surface area contributed by atoms with Gasteiger partial charge in [-0.3, -0.25) is 4.79 Å². The van der Waals surface area contributed by atoms with Gasteiger partial charge >= 0.3 is 0 Å². The quantitative estimate of drug-likeness (QED) is 0.862. The van der Waals surface area contributed by atoms with Crippen molar-refractivity contribution >= 4 is 17.2 Å². The molecular weight excluding hydrogens is 232 g/mol. The van der Waals surface area contributed by atoms with Crippen LogP contribution < -0.4 is 10.6 Å². The van der Waals surface area contributed by atoms with E-state index in [2.05, 4.69) is 35.9 Å². The van der Waals surface area contributed by atoms with Crippen molar-refractivity contribution in [1.29, 1.82) is 0 Å². The summed E-state index contributed by atoms with van der Waals surface area (Å²) >= 11 is 1.71. The third-order valence-electron chi connectivity index (χ3n) is 3.25. The van der Waals surface area contributed by atoms with Gasteiger partial charge in [-0.1, -0.05) is 19.9 Å². The molecule has 2 rings (SSSR count). The first-order chi connectivity index (χ1) is 8.18. The Morgan fingerprint density at radius 1 is 1.59 bits per heavy atom. The van der Waals surface area contributed by atoms with E-state index in [4.69, 9.17) is 0 Å². The van der Waals surface area contributed by atoms with Crippen LogP contribution in [0.15, 0.2) is 17.5 Å². The summed E-state index contributed by atoms with van der Waals surface area (Å²) in [4.78, 5) is 13.4. The molecule has 1 aromatic heterocycles. The number of nitrogens with one attached hydrogen (secondary N) is 2. The lowest BCUT2D eigenvalue weighted by molar-refractivity contribution is -0.125. The summed E-state index contributed by atoms with van der Waals surface area (Å²) in [5.41, 5.74) is 0. The fraction of sp³-hybridized carbons (Fsp3) is 0.615. The largest absolute Gasteiger partial charge is 0.348 e. The van der Waals surface area contributed by atoms with Crippen LogP contribution in [0.5, 0.6) is 0 Å². The number of hydrogen-bond acceptors (Lipinski definition) is 3. The Balaban J connectivity index is 2.00. The molecule has 17 heavy (non-hydrogen) atoms. The van der Waals surface area contributed by atoms with Crippen LogP contribution in [0.3, 0.4) is 0 Å². The monoisotopic (exact) mass is 252 g/mol. The molecule has 1 aliphatic heterocycles. The van der Waals surface area contributed by atoms with Crippen LogP contribution in [-0.2, 0) is 4.79 Å². The maximum absolute atomic E-state index is 12.1. The van der Waals surface area contributed by atoms with Crippen LogP contribution in [0, 0.1) is 11.8 Å². The van der Waals surface area contributed by atoms with E-state index in [0.717, 1.165) is 19.5 Å². The minimum atomic E-state index is 0.149. The van der Waals surface area contributed by atoms with Gasteiger partial charge in [-0.05, 0) is 30.3 Å². The van der Waals surface area contributed by atoms with Gasteiger partial charge in [-0.2, -0.15) is 0 Å². The molecule has 2 heterocycles. The highest BCUT2D eigenvalue weighted by Crippen LogP contribution is 2.26. The maximum atomic E-state index is 12.1. The molecule has 4 heteroatoms. The molecule has 0 saturated carbocycles.